The predicted molar refractivity (Wildman–Crippen MR) is 92.9 cm³/mol. The van der Waals surface area contributed by atoms with Crippen LogP contribution in [-0.2, 0) is 6.61 Å². The van der Waals surface area contributed by atoms with Crippen molar-refractivity contribution in [3.63, 3.8) is 0 Å². The molecule has 0 spiro atoms. The van der Waals surface area contributed by atoms with E-state index in [2.05, 4.69) is 5.16 Å². The smallest absolute Gasteiger partial charge is 0.203 e. The molecule has 1 N–H and O–H groups in total. The highest BCUT2D eigenvalue weighted by Gasteiger charge is 2.22. The van der Waals surface area contributed by atoms with Crippen molar-refractivity contribution in [2.45, 2.75) is 6.61 Å². The fraction of sp³-hybridized carbons (Fsp3) is 0.211. The van der Waals surface area contributed by atoms with Crippen LogP contribution in [0.25, 0.3) is 22.6 Å². The van der Waals surface area contributed by atoms with E-state index in [0.717, 1.165) is 0 Å². The van der Waals surface area contributed by atoms with Crippen LogP contribution in [0.3, 0.4) is 0 Å². The lowest BCUT2D eigenvalue weighted by Crippen LogP contribution is -1.96. The van der Waals surface area contributed by atoms with Gasteiger partial charge in [-0.3, -0.25) is 0 Å². The Hall–Kier alpha value is -3.06. The number of halogens is 1. The molecule has 26 heavy (non-hydrogen) atoms. The second-order valence-corrected chi connectivity index (χ2v) is 5.42. The van der Waals surface area contributed by atoms with Gasteiger partial charge in [0.1, 0.15) is 11.5 Å². The van der Waals surface area contributed by atoms with Crippen molar-refractivity contribution in [2.24, 2.45) is 0 Å². The maximum absolute atomic E-state index is 13.2. The monoisotopic (exact) mass is 359 g/mol. The quantitative estimate of drug-likeness (QED) is 0.724. The van der Waals surface area contributed by atoms with Gasteiger partial charge in [-0.15, -0.1) is 0 Å². The first kappa shape index (κ1) is 17.8. The average Bonchev–Trinajstić information content (AvgIpc) is 3.11. The molecule has 2 aromatic carbocycles. The van der Waals surface area contributed by atoms with E-state index in [9.17, 15) is 9.50 Å². The molecule has 1 heterocycles. The molecule has 0 saturated heterocycles. The molecular weight excluding hydrogens is 341 g/mol. The molecule has 136 valence electrons. The van der Waals surface area contributed by atoms with Gasteiger partial charge < -0.3 is 23.8 Å². The Bertz CT molecular complexity index is 880. The van der Waals surface area contributed by atoms with Gasteiger partial charge in [0.2, 0.25) is 5.75 Å². The number of benzene rings is 2. The van der Waals surface area contributed by atoms with E-state index in [4.69, 9.17) is 18.7 Å². The van der Waals surface area contributed by atoms with Gasteiger partial charge in [0.15, 0.2) is 17.3 Å². The van der Waals surface area contributed by atoms with Crippen molar-refractivity contribution in [1.29, 1.82) is 0 Å². The summed E-state index contributed by atoms with van der Waals surface area (Å²) in [6.45, 7) is -0.303. The number of hydrogen-bond acceptors (Lipinski definition) is 6. The lowest BCUT2D eigenvalue weighted by molar-refractivity contribution is 0.281. The maximum Gasteiger partial charge on any atom is 0.203 e. The first-order valence-electron chi connectivity index (χ1n) is 7.78. The molecular formula is C19H18FNO5. The highest BCUT2D eigenvalue weighted by atomic mass is 19.1. The number of rotatable bonds is 6. The van der Waals surface area contributed by atoms with E-state index >= 15 is 0 Å². The molecule has 0 saturated carbocycles. The normalized spacial score (nSPS) is 10.7. The zero-order valence-electron chi connectivity index (χ0n) is 14.6. The molecule has 3 rings (SSSR count). The zero-order chi connectivity index (χ0) is 18.7. The minimum absolute atomic E-state index is 0.303. The number of aromatic nitrogens is 1. The van der Waals surface area contributed by atoms with Crippen LogP contribution in [0.5, 0.6) is 17.2 Å². The lowest BCUT2D eigenvalue weighted by atomic mass is 10.0. The van der Waals surface area contributed by atoms with E-state index in [1.807, 2.05) is 0 Å². The van der Waals surface area contributed by atoms with Crippen LogP contribution in [0.15, 0.2) is 40.9 Å². The highest BCUT2D eigenvalue weighted by molar-refractivity contribution is 5.75. The molecule has 0 fully saturated rings. The Kier molecular flexibility index (Phi) is 5.09. The minimum Gasteiger partial charge on any atom is -0.493 e. The molecule has 0 unspecified atom stereocenters. The van der Waals surface area contributed by atoms with Crippen molar-refractivity contribution in [3.05, 3.63) is 47.8 Å². The standard InChI is InChI=1S/C19H18FNO5/c1-23-15-8-12(9-16(24-2)19(15)25-3)18-14(10-22)17(21-26-18)11-4-6-13(20)7-5-11/h4-9,22H,10H2,1-3H3. The number of aliphatic hydroxyl groups excluding tert-OH is 1. The molecule has 0 bridgehead atoms. The summed E-state index contributed by atoms with van der Waals surface area (Å²) in [6.07, 6.45) is 0. The molecule has 0 aliphatic rings. The second kappa shape index (κ2) is 7.45. The number of nitrogens with zero attached hydrogens (tertiary/aromatic N) is 1. The molecule has 1 aromatic heterocycles. The number of ether oxygens (including phenoxy) is 3. The van der Waals surface area contributed by atoms with Crippen LogP contribution in [0.4, 0.5) is 4.39 Å². The van der Waals surface area contributed by atoms with E-state index in [1.165, 1.54) is 33.5 Å². The Labute approximate surface area is 149 Å². The first-order valence-corrected chi connectivity index (χ1v) is 7.78. The molecule has 6 nitrogen and oxygen atoms in total. The number of methoxy groups -OCH3 is 3. The van der Waals surface area contributed by atoms with Gasteiger partial charge in [-0.2, -0.15) is 0 Å². The van der Waals surface area contributed by atoms with Gasteiger partial charge in [-0.25, -0.2) is 4.39 Å². The van der Waals surface area contributed by atoms with Crippen LogP contribution in [0, 0.1) is 5.82 Å². The van der Waals surface area contributed by atoms with E-state index < -0.39 is 0 Å². The van der Waals surface area contributed by atoms with E-state index in [-0.39, 0.29) is 12.4 Å². The third-order valence-corrected chi connectivity index (χ3v) is 3.99. The second-order valence-electron chi connectivity index (χ2n) is 5.42. The fourth-order valence-electron chi connectivity index (χ4n) is 2.73. The average molecular weight is 359 g/mol. The summed E-state index contributed by atoms with van der Waals surface area (Å²) in [5.41, 5.74) is 2.16. The summed E-state index contributed by atoms with van der Waals surface area (Å²) in [6, 6.07) is 9.20. The number of hydrogen-bond donors (Lipinski definition) is 1. The summed E-state index contributed by atoms with van der Waals surface area (Å²) in [7, 11) is 4.54. The molecule has 7 heteroatoms. The molecule has 0 aliphatic carbocycles. The molecule has 0 amide bonds. The Balaban J connectivity index is 2.14. The predicted octanol–water partition coefficient (Wildman–Crippen LogP) is 3.67. The molecule has 0 radical (unpaired) electrons. The lowest BCUT2D eigenvalue weighted by Gasteiger charge is -2.13. The van der Waals surface area contributed by atoms with Crippen LogP contribution in [0.2, 0.25) is 0 Å². The summed E-state index contributed by atoms with van der Waals surface area (Å²) in [5, 5.41) is 13.9. The summed E-state index contributed by atoms with van der Waals surface area (Å²) >= 11 is 0. The Morgan fingerprint density at radius 3 is 2.08 bits per heavy atom. The minimum atomic E-state index is -0.354. The van der Waals surface area contributed by atoms with Gasteiger partial charge in [-0.1, -0.05) is 5.16 Å². The molecule has 0 aliphatic heterocycles. The Morgan fingerprint density at radius 1 is 0.962 bits per heavy atom. The third kappa shape index (κ3) is 3.09. The van der Waals surface area contributed by atoms with E-state index in [1.54, 1.807) is 24.3 Å². The van der Waals surface area contributed by atoms with Crippen molar-refractivity contribution in [2.75, 3.05) is 21.3 Å². The zero-order valence-corrected chi connectivity index (χ0v) is 14.6. The van der Waals surface area contributed by atoms with Crippen LogP contribution < -0.4 is 14.2 Å². The van der Waals surface area contributed by atoms with Crippen molar-refractivity contribution >= 4 is 0 Å². The summed E-state index contributed by atoms with van der Waals surface area (Å²) < 4.78 is 34.6. The van der Waals surface area contributed by atoms with Crippen molar-refractivity contribution in [3.8, 4) is 39.8 Å². The van der Waals surface area contributed by atoms with Crippen molar-refractivity contribution < 1.29 is 28.2 Å². The van der Waals surface area contributed by atoms with Crippen molar-refractivity contribution in [1.82, 2.24) is 5.16 Å². The Morgan fingerprint density at radius 2 is 1.58 bits per heavy atom. The molecule has 3 aromatic rings. The highest BCUT2D eigenvalue weighted by Crippen LogP contribution is 2.43. The van der Waals surface area contributed by atoms with Gasteiger partial charge >= 0.3 is 0 Å². The van der Waals surface area contributed by atoms with Gasteiger partial charge in [-0.05, 0) is 36.4 Å². The maximum atomic E-state index is 13.2. The summed E-state index contributed by atoms with van der Waals surface area (Å²) in [4.78, 5) is 0. The van der Waals surface area contributed by atoms with Gasteiger partial charge in [0.25, 0.3) is 0 Å². The fourth-order valence-corrected chi connectivity index (χ4v) is 2.73. The largest absolute Gasteiger partial charge is 0.493 e. The summed E-state index contributed by atoms with van der Waals surface area (Å²) in [5.74, 6) is 1.36. The van der Waals surface area contributed by atoms with E-state index in [0.29, 0.717) is 45.4 Å². The van der Waals surface area contributed by atoms with Crippen LogP contribution in [0.1, 0.15) is 5.56 Å². The first-order chi connectivity index (χ1) is 12.6. The van der Waals surface area contributed by atoms with Crippen LogP contribution in [-0.4, -0.2) is 31.6 Å². The topological polar surface area (TPSA) is 74.0 Å². The number of aliphatic hydroxyl groups is 1. The van der Waals surface area contributed by atoms with Crippen LogP contribution >= 0.6 is 0 Å². The van der Waals surface area contributed by atoms with Gasteiger partial charge in [0, 0.05) is 11.1 Å². The van der Waals surface area contributed by atoms with Gasteiger partial charge in [0.05, 0.1) is 33.5 Å². The SMILES string of the molecule is COc1cc(-c2onc(-c3ccc(F)cc3)c2CO)cc(OC)c1OC. The molecule has 0 atom stereocenters. The third-order valence-electron chi connectivity index (χ3n) is 3.99.